The van der Waals surface area contributed by atoms with Crippen LogP contribution in [0, 0.1) is 0 Å². The highest BCUT2D eigenvalue weighted by Crippen LogP contribution is 2.46. The third-order valence-corrected chi connectivity index (χ3v) is 7.40. The van der Waals surface area contributed by atoms with Gasteiger partial charge in [-0.05, 0) is 68.4 Å². The average molecular weight is 372 g/mol. The predicted octanol–water partition coefficient (Wildman–Crippen LogP) is 7.93. The molecule has 1 heteroatoms. The van der Waals surface area contributed by atoms with Crippen LogP contribution < -0.4 is 0 Å². The number of thiophene rings is 1. The number of hydrogen-bond acceptors (Lipinski definition) is 1. The van der Waals surface area contributed by atoms with Crippen LogP contribution in [0.5, 0.6) is 0 Å². The monoisotopic (exact) mass is 372 g/mol. The molecule has 0 bridgehead atoms. The number of hydrogen-bond donors (Lipinski definition) is 0. The predicted molar refractivity (Wildman–Crippen MR) is 123 cm³/mol. The highest BCUT2D eigenvalue weighted by Gasteiger charge is 2.22. The van der Waals surface area contributed by atoms with E-state index < -0.39 is 0 Å². The van der Waals surface area contributed by atoms with E-state index in [0.29, 0.717) is 0 Å². The number of rotatable bonds is 0. The largest absolute Gasteiger partial charge is 0.135 e. The summed E-state index contributed by atoms with van der Waals surface area (Å²) in [4.78, 5) is 0. The van der Waals surface area contributed by atoms with Crippen molar-refractivity contribution < 1.29 is 0 Å². The first kappa shape index (κ1) is 14.8. The van der Waals surface area contributed by atoms with Crippen LogP contribution in [-0.4, -0.2) is 0 Å². The van der Waals surface area contributed by atoms with Crippen LogP contribution in [0.3, 0.4) is 0 Å². The molecule has 7 rings (SSSR count). The van der Waals surface area contributed by atoms with Gasteiger partial charge < -0.3 is 0 Å². The van der Waals surface area contributed by atoms with E-state index in [1.165, 1.54) is 64.0 Å². The maximum atomic E-state index is 2.45. The molecule has 0 saturated heterocycles. The summed E-state index contributed by atoms with van der Waals surface area (Å²) < 4.78 is 2.79. The van der Waals surface area contributed by atoms with Gasteiger partial charge in [0, 0.05) is 20.2 Å². The first-order valence-corrected chi connectivity index (χ1v) is 10.6. The van der Waals surface area contributed by atoms with Crippen LogP contribution in [0.25, 0.3) is 52.8 Å². The zero-order valence-corrected chi connectivity index (χ0v) is 16.0. The summed E-state index contributed by atoms with van der Waals surface area (Å²) in [6, 6.07) is 31.6. The lowest BCUT2D eigenvalue weighted by molar-refractivity contribution is 1.29. The normalized spacial score (nSPS) is 12.9. The Morgan fingerprint density at radius 3 is 2.21 bits per heavy atom. The molecular formula is C27H16S. The SMILES string of the molecule is c1ccc2c3c(ccc2c1)-c1cc2c(cc1C3)sc1ccc3ccccc3c12. The molecule has 0 N–H and O–H groups in total. The Kier molecular flexibility index (Phi) is 2.76. The van der Waals surface area contributed by atoms with E-state index in [4.69, 9.17) is 0 Å². The molecule has 28 heavy (non-hydrogen) atoms. The second-order valence-electron chi connectivity index (χ2n) is 7.76. The van der Waals surface area contributed by atoms with E-state index in [-0.39, 0.29) is 0 Å². The molecule has 0 fully saturated rings. The fraction of sp³-hybridized carbons (Fsp3) is 0.0370. The van der Waals surface area contributed by atoms with Gasteiger partial charge in [-0.1, -0.05) is 66.7 Å². The molecule has 5 aromatic carbocycles. The van der Waals surface area contributed by atoms with Gasteiger partial charge in [0.1, 0.15) is 0 Å². The van der Waals surface area contributed by atoms with Crippen molar-refractivity contribution >= 4 is 53.1 Å². The summed E-state index contributed by atoms with van der Waals surface area (Å²) >= 11 is 1.92. The van der Waals surface area contributed by atoms with Crippen LogP contribution in [-0.2, 0) is 6.42 Å². The maximum absolute atomic E-state index is 2.45. The van der Waals surface area contributed by atoms with Gasteiger partial charge in [-0.2, -0.15) is 0 Å². The molecule has 1 heterocycles. The quantitative estimate of drug-likeness (QED) is 0.253. The Balaban J connectivity index is 1.60. The van der Waals surface area contributed by atoms with Crippen LogP contribution in [0.15, 0.2) is 84.9 Å². The Hall–Kier alpha value is -3.16. The maximum Gasteiger partial charge on any atom is 0.0361 e. The molecule has 1 aliphatic rings. The van der Waals surface area contributed by atoms with E-state index in [0.717, 1.165) is 6.42 Å². The van der Waals surface area contributed by atoms with E-state index in [2.05, 4.69) is 84.9 Å². The number of fused-ring (bicyclic) bond motifs is 10. The Morgan fingerprint density at radius 1 is 0.571 bits per heavy atom. The van der Waals surface area contributed by atoms with Gasteiger partial charge in [-0.25, -0.2) is 0 Å². The molecule has 6 aromatic rings. The third-order valence-electron chi connectivity index (χ3n) is 6.28. The standard InChI is InChI=1S/C27H16S/c1-3-7-19-16(5-1)9-11-21-22-15-24-26(14-18(22)13-23(19)21)28-25-12-10-17-6-2-4-8-20(17)27(24)25/h1-12,14-15H,13H2. The lowest BCUT2D eigenvalue weighted by Gasteiger charge is -2.06. The summed E-state index contributed by atoms with van der Waals surface area (Å²) in [7, 11) is 0. The average Bonchev–Trinajstić information content (AvgIpc) is 3.29. The second-order valence-corrected chi connectivity index (χ2v) is 8.84. The molecule has 0 spiro atoms. The van der Waals surface area contributed by atoms with Gasteiger partial charge in [0.05, 0.1) is 0 Å². The zero-order valence-electron chi connectivity index (χ0n) is 15.2. The molecule has 0 saturated carbocycles. The van der Waals surface area contributed by atoms with Gasteiger partial charge >= 0.3 is 0 Å². The van der Waals surface area contributed by atoms with Gasteiger partial charge in [-0.15, -0.1) is 11.3 Å². The Labute approximate surface area is 166 Å². The molecule has 0 unspecified atom stereocenters. The van der Waals surface area contributed by atoms with E-state index in [1.807, 2.05) is 11.3 Å². The molecule has 0 amide bonds. The first-order chi connectivity index (χ1) is 13.9. The second kappa shape index (κ2) is 5.21. The lowest BCUT2D eigenvalue weighted by Crippen LogP contribution is -1.83. The zero-order chi connectivity index (χ0) is 18.2. The van der Waals surface area contributed by atoms with Crippen molar-refractivity contribution in [2.75, 3.05) is 0 Å². The number of benzene rings is 5. The van der Waals surface area contributed by atoms with E-state index in [1.54, 1.807) is 0 Å². The summed E-state index contributed by atoms with van der Waals surface area (Å²) in [6.45, 7) is 0. The molecule has 0 aliphatic heterocycles. The van der Waals surface area contributed by atoms with E-state index in [9.17, 15) is 0 Å². The van der Waals surface area contributed by atoms with E-state index >= 15 is 0 Å². The lowest BCUT2D eigenvalue weighted by atomic mass is 9.98. The fourth-order valence-electron chi connectivity index (χ4n) is 5.00. The minimum absolute atomic E-state index is 1.04. The molecular weight excluding hydrogens is 356 g/mol. The molecule has 0 nitrogen and oxygen atoms in total. The van der Waals surface area contributed by atoms with Crippen LogP contribution in [0.1, 0.15) is 11.1 Å². The van der Waals surface area contributed by atoms with Gasteiger partial charge in [0.2, 0.25) is 0 Å². The van der Waals surface area contributed by atoms with Gasteiger partial charge in [0.25, 0.3) is 0 Å². The molecule has 1 aliphatic carbocycles. The van der Waals surface area contributed by atoms with Crippen molar-refractivity contribution in [3.8, 4) is 11.1 Å². The van der Waals surface area contributed by atoms with Gasteiger partial charge in [0.15, 0.2) is 0 Å². The van der Waals surface area contributed by atoms with Crippen LogP contribution in [0.4, 0.5) is 0 Å². The molecule has 130 valence electrons. The van der Waals surface area contributed by atoms with Crippen molar-refractivity contribution in [2.45, 2.75) is 6.42 Å². The summed E-state index contributed by atoms with van der Waals surface area (Å²) in [5.74, 6) is 0. The summed E-state index contributed by atoms with van der Waals surface area (Å²) in [5, 5.41) is 8.23. The van der Waals surface area contributed by atoms with Crippen molar-refractivity contribution in [2.24, 2.45) is 0 Å². The first-order valence-electron chi connectivity index (χ1n) is 9.75. The van der Waals surface area contributed by atoms with Crippen molar-refractivity contribution in [1.82, 2.24) is 0 Å². The minimum Gasteiger partial charge on any atom is -0.135 e. The fourth-order valence-corrected chi connectivity index (χ4v) is 6.17. The Morgan fingerprint density at radius 2 is 1.32 bits per heavy atom. The highest BCUT2D eigenvalue weighted by atomic mass is 32.1. The van der Waals surface area contributed by atoms with Crippen molar-refractivity contribution in [3.63, 3.8) is 0 Å². The van der Waals surface area contributed by atoms with Crippen LogP contribution >= 0.6 is 11.3 Å². The summed E-state index contributed by atoms with van der Waals surface area (Å²) in [6.07, 6.45) is 1.04. The third kappa shape index (κ3) is 1.85. The Bertz CT molecular complexity index is 1580. The highest BCUT2D eigenvalue weighted by molar-refractivity contribution is 7.26. The van der Waals surface area contributed by atoms with Crippen LogP contribution in [0.2, 0.25) is 0 Å². The topological polar surface area (TPSA) is 0 Å². The molecule has 1 aromatic heterocycles. The molecule has 0 radical (unpaired) electrons. The van der Waals surface area contributed by atoms with Gasteiger partial charge in [-0.3, -0.25) is 0 Å². The minimum atomic E-state index is 1.04. The van der Waals surface area contributed by atoms with Crippen molar-refractivity contribution in [3.05, 3.63) is 96.1 Å². The summed E-state index contributed by atoms with van der Waals surface area (Å²) in [5.41, 5.74) is 5.78. The molecule has 0 atom stereocenters. The smallest absolute Gasteiger partial charge is 0.0361 e. The van der Waals surface area contributed by atoms with Crippen molar-refractivity contribution in [1.29, 1.82) is 0 Å².